The van der Waals surface area contributed by atoms with Crippen LogP contribution in [0.5, 0.6) is 0 Å². The highest BCUT2D eigenvalue weighted by molar-refractivity contribution is 14.0. The summed E-state index contributed by atoms with van der Waals surface area (Å²) < 4.78 is 14.6. The highest BCUT2D eigenvalue weighted by Crippen LogP contribution is 2.28. The van der Waals surface area contributed by atoms with Crippen molar-refractivity contribution in [2.24, 2.45) is 10.9 Å². The number of aromatic nitrogens is 2. The van der Waals surface area contributed by atoms with Gasteiger partial charge in [-0.1, -0.05) is 6.92 Å². The van der Waals surface area contributed by atoms with Crippen LogP contribution in [-0.4, -0.2) is 34.9 Å². The maximum absolute atomic E-state index is 13.1. The van der Waals surface area contributed by atoms with Crippen molar-refractivity contribution in [2.45, 2.75) is 39.2 Å². The van der Waals surface area contributed by atoms with Gasteiger partial charge in [0.05, 0.1) is 11.4 Å². The summed E-state index contributed by atoms with van der Waals surface area (Å²) in [4.78, 5) is 4.60. The lowest BCUT2D eigenvalue weighted by Gasteiger charge is -2.10. The fraction of sp³-hybridized carbons (Fsp3) is 0.450. The van der Waals surface area contributed by atoms with Gasteiger partial charge in [-0.15, -0.1) is 24.0 Å². The van der Waals surface area contributed by atoms with E-state index < -0.39 is 0 Å². The maximum atomic E-state index is 13.1. The fourth-order valence-electron chi connectivity index (χ4n) is 3.01. The summed E-state index contributed by atoms with van der Waals surface area (Å²) in [6.45, 7) is 5.68. The summed E-state index contributed by atoms with van der Waals surface area (Å²) in [6, 6.07) is 8.49. The molecule has 0 saturated heterocycles. The minimum atomic E-state index is -0.334. The summed E-state index contributed by atoms with van der Waals surface area (Å²) in [5.74, 6) is 1.46. The SMILES string of the molecule is CCNC(=NCCCc1nn(-c2ccc(F)cc2)c(N)c1C#N)NC1CC1C.I. The molecule has 0 radical (unpaired) electrons. The zero-order valence-electron chi connectivity index (χ0n) is 16.7. The molecular weight excluding hydrogens is 484 g/mol. The second-order valence-corrected chi connectivity index (χ2v) is 7.03. The van der Waals surface area contributed by atoms with E-state index >= 15 is 0 Å². The highest BCUT2D eigenvalue weighted by atomic mass is 127. The summed E-state index contributed by atoms with van der Waals surface area (Å²) in [5.41, 5.74) is 7.71. The number of nitrogen functional groups attached to an aromatic ring is 1. The summed E-state index contributed by atoms with van der Waals surface area (Å²) in [7, 11) is 0. The minimum absolute atomic E-state index is 0. The van der Waals surface area contributed by atoms with Gasteiger partial charge < -0.3 is 16.4 Å². The molecule has 1 heterocycles. The molecule has 0 aliphatic heterocycles. The van der Waals surface area contributed by atoms with Gasteiger partial charge >= 0.3 is 0 Å². The van der Waals surface area contributed by atoms with Gasteiger partial charge in [-0.3, -0.25) is 4.99 Å². The van der Waals surface area contributed by atoms with Crippen molar-refractivity contribution in [3.63, 3.8) is 0 Å². The second-order valence-electron chi connectivity index (χ2n) is 7.03. The number of benzene rings is 1. The van der Waals surface area contributed by atoms with E-state index in [0.29, 0.717) is 41.9 Å². The summed E-state index contributed by atoms with van der Waals surface area (Å²) in [5, 5.41) is 20.6. The van der Waals surface area contributed by atoms with E-state index in [1.54, 1.807) is 12.1 Å². The van der Waals surface area contributed by atoms with Crippen molar-refractivity contribution >= 4 is 35.8 Å². The molecule has 2 atom stereocenters. The molecule has 1 aromatic heterocycles. The maximum Gasteiger partial charge on any atom is 0.191 e. The first-order valence-corrected chi connectivity index (χ1v) is 9.61. The van der Waals surface area contributed by atoms with Crippen LogP contribution in [0, 0.1) is 23.1 Å². The molecule has 1 aromatic carbocycles. The van der Waals surface area contributed by atoms with Crippen LogP contribution in [-0.2, 0) is 6.42 Å². The number of hydrogen-bond donors (Lipinski definition) is 3. The Morgan fingerprint density at radius 1 is 1.41 bits per heavy atom. The lowest BCUT2D eigenvalue weighted by atomic mass is 10.1. The first kappa shape index (κ1) is 22.9. The van der Waals surface area contributed by atoms with Crippen LogP contribution in [0.3, 0.4) is 0 Å². The fourth-order valence-corrected chi connectivity index (χ4v) is 3.01. The molecule has 29 heavy (non-hydrogen) atoms. The zero-order chi connectivity index (χ0) is 20.1. The van der Waals surface area contributed by atoms with Crippen molar-refractivity contribution < 1.29 is 4.39 Å². The summed E-state index contributed by atoms with van der Waals surface area (Å²) in [6.07, 6.45) is 2.51. The quantitative estimate of drug-likeness (QED) is 0.230. The van der Waals surface area contributed by atoms with E-state index in [9.17, 15) is 9.65 Å². The number of aliphatic imine (C=N–C) groups is 1. The molecule has 1 fully saturated rings. The first-order chi connectivity index (χ1) is 13.5. The van der Waals surface area contributed by atoms with Gasteiger partial charge in [-0.2, -0.15) is 10.4 Å². The van der Waals surface area contributed by atoms with Crippen LogP contribution in [0.2, 0.25) is 0 Å². The number of nitriles is 1. The third-order valence-electron chi connectivity index (χ3n) is 4.79. The van der Waals surface area contributed by atoms with Gasteiger partial charge in [-0.25, -0.2) is 9.07 Å². The number of halogens is 2. The number of nitrogens with zero attached hydrogens (tertiary/aromatic N) is 4. The van der Waals surface area contributed by atoms with Crippen LogP contribution in [0.1, 0.15) is 37.9 Å². The van der Waals surface area contributed by atoms with Crippen molar-refractivity contribution in [1.82, 2.24) is 20.4 Å². The lowest BCUT2D eigenvalue weighted by Crippen LogP contribution is -2.39. The van der Waals surface area contributed by atoms with E-state index in [1.807, 2.05) is 6.92 Å². The van der Waals surface area contributed by atoms with Gasteiger partial charge in [0.25, 0.3) is 0 Å². The molecule has 1 aliphatic carbocycles. The molecule has 156 valence electrons. The Kier molecular flexibility index (Phi) is 8.25. The molecule has 4 N–H and O–H groups in total. The predicted molar refractivity (Wildman–Crippen MR) is 123 cm³/mol. The van der Waals surface area contributed by atoms with Crippen molar-refractivity contribution in [3.8, 4) is 11.8 Å². The van der Waals surface area contributed by atoms with Gasteiger partial charge in [0.1, 0.15) is 23.3 Å². The minimum Gasteiger partial charge on any atom is -0.382 e. The molecule has 0 amide bonds. The Balaban J connectivity index is 0.00000300. The smallest absolute Gasteiger partial charge is 0.191 e. The largest absolute Gasteiger partial charge is 0.382 e. The standard InChI is InChI=1S/C20H26FN7.HI/c1-3-24-20(26-18-11-13(18)2)25-10-4-5-17-16(12-22)19(23)28(27-17)15-8-6-14(21)7-9-15;/h6-9,13,18H,3-5,10-11,23H2,1-2H3,(H2,24,25,26);1H. The molecule has 2 unspecified atom stereocenters. The van der Waals surface area contributed by atoms with Gasteiger partial charge in [0.15, 0.2) is 5.96 Å². The Morgan fingerprint density at radius 2 is 2.10 bits per heavy atom. The number of hydrogen-bond acceptors (Lipinski definition) is 4. The third-order valence-corrected chi connectivity index (χ3v) is 4.79. The first-order valence-electron chi connectivity index (χ1n) is 9.61. The number of aryl methyl sites for hydroxylation is 1. The molecular formula is C20H27FIN7. The van der Waals surface area contributed by atoms with Crippen LogP contribution in [0.15, 0.2) is 29.3 Å². The van der Waals surface area contributed by atoms with Crippen molar-refractivity contribution in [3.05, 3.63) is 41.3 Å². The monoisotopic (exact) mass is 511 g/mol. The average molecular weight is 511 g/mol. The van der Waals surface area contributed by atoms with Crippen molar-refractivity contribution in [2.75, 3.05) is 18.8 Å². The van der Waals surface area contributed by atoms with Crippen LogP contribution in [0.4, 0.5) is 10.2 Å². The van der Waals surface area contributed by atoms with Crippen LogP contribution >= 0.6 is 24.0 Å². The Labute approximate surface area is 187 Å². The molecule has 9 heteroatoms. The van der Waals surface area contributed by atoms with Crippen molar-refractivity contribution in [1.29, 1.82) is 5.26 Å². The Bertz CT molecular complexity index is 885. The number of guanidine groups is 1. The molecule has 0 spiro atoms. The topological polar surface area (TPSA) is 104 Å². The van der Waals surface area contributed by atoms with E-state index in [0.717, 1.165) is 18.9 Å². The van der Waals surface area contributed by atoms with E-state index in [4.69, 9.17) is 5.73 Å². The zero-order valence-corrected chi connectivity index (χ0v) is 19.0. The lowest BCUT2D eigenvalue weighted by molar-refractivity contribution is 0.627. The second kappa shape index (κ2) is 10.4. The van der Waals surface area contributed by atoms with Gasteiger partial charge in [0, 0.05) is 19.1 Å². The molecule has 3 rings (SSSR count). The summed E-state index contributed by atoms with van der Waals surface area (Å²) >= 11 is 0. The van der Waals surface area contributed by atoms with Crippen LogP contribution in [0.25, 0.3) is 5.69 Å². The Hall–Kier alpha value is -2.35. The number of nitrogens with one attached hydrogen (secondary N) is 2. The highest BCUT2D eigenvalue weighted by Gasteiger charge is 2.33. The predicted octanol–water partition coefficient (Wildman–Crippen LogP) is 2.98. The number of anilines is 1. The van der Waals surface area contributed by atoms with E-state index in [2.05, 4.69) is 33.7 Å². The van der Waals surface area contributed by atoms with Crippen LogP contribution < -0.4 is 16.4 Å². The molecule has 1 saturated carbocycles. The number of nitrogens with two attached hydrogens (primary N) is 1. The van der Waals surface area contributed by atoms with Gasteiger partial charge in [-0.05, 0) is 56.4 Å². The normalized spacial score (nSPS) is 17.9. The van der Waals surface area contributed by atoms with Gasteiger partial charge in [0.2, 0.25) is 0 Å². The third kappa shape index (κ3) is 5.82. The molecule has 0 bridgehead atoms. The molecule has 7 nitrogen and oxygen atoms in total. The van der Waals surface area contributed by atoms with E-state index in [-0.39, 0.29) is 35.6 Å². The van der Waals surface area contributed by atoms with E-state index in [1.165, 1.54) is 23.2 Å². The molecule has 2 aromatic rings. The molecule has 1 aliphatic rings. The average Bonchev–Trinajstić information content (AvgIpc) is 3.27. The Morgan fingerprint density at radius 3 is 2.69 bits per heavy atom. The number of rotatable bonds is 7.